The van der Waals surface area contributed by atoms with E-state index in [0.717, 1.165) is 44.8 Å². The fourth-order valence-corrected chi connectivity index (χ4v) is 4.09. The zero-order valence-electron chi connectivity index (χ0n) is 16.9. The molecule has 152 valence electrons. The third-order valence-electron chi connectivity index (χ3n) is 5.62. The normalized spacial score (nSPS) is 21.2. The van der Waals surface area contributed by atoms with Crippen LogP contribution in [0.25, 0.3) is 0 Å². The molecule has 2 aliphatic rings. The first-order valence-electron chi connectivity index (χ1n) is 10.1. The Morgan fingerprint density at radius 2 is 2.07 bits per heavy atom. The molecule has 1 fully saturated rings. The fraction of sp³-hybridized carbons (Fsp3) is 0.500. The first kappa shape index (κ1) is 20.4. The molecule has 1 amide bonds. The minimum Gasteiger partial charge on any atom is -0.392 e. The van der Waals surface area contributed by atoms with Crippen molar-refractivity contribution in [2.24, 2.45) is 5.73 Å². The average Bonchev–Trinajstić information content (AvgIpc) is 3.11. The van der Waals surface area contributed by atoms with E-state index in [9.17, 15) is 9.90 Å². The van der Waals surface area contributed by atoms with E-state index < -0.39 is 0 Å². The summed E-state index contributed by atoms with van der Waals surface area (Å²) in [4.78, 5) is 18.5. The minimum atomic E-state index is -0.357. The molecule has 0 saturated carbocycles. The van der Waals surface area contributed by atoms with Crippen LogP contribution in [0, 0.1) is 0 Å². The van der Waals surface area contributed by atoms with Crippen LogP contribution < -0.4 is 5.73 Å². The number of nitrogens with two attached hydrogens (primary N) is 1. The molecule has 3 N–H and O–H groups in total. The number of rotatable bonds is 8. The summed E-state index contributed by atoms with van der Waals surface area (Å²) in [6, 6.07) is 10.6. The summed E-state index contributed by atoms with van der Waals surface area (Å²) in [6.45, 7) is 6.04. The molecular weight excluding hydrogens is 352 g/mol. The molecule has 1 saturated heterocycles. The summed E-state index contributed by atoms with van der Waals surface area (Å²) in [7, 11) is 2.11. The maximum absolute atomic E-state index is 11.7. The van der Waals surface area contributed by atoms with Gasteiger partial charge in [-0.3, -0.25) is 9.69 Å². The lowest BCUT2D eigenvalue weighted by molar-refractivity contribution is -0.114. The van der Waals surface area contributed by atoms with Crippen LogP contribution in [0.2, 0.25) is 0 Å². The van der Waals surface area contributed by atoms with Crippen LogP contribution in [0.1, 0.15) is 31.4 Å². The van der Waals surface area contributed by atoms with Gasteiger partial charge in [-0.25, -0.2) is 0 Å². The molecule has 0 radical (unpaired) electrons. The largest absolute Gasteiger partial charge is 0.392 e. The Kier molecular flexibility index (Phi) is 6.75. The predicted molar refractivity (Wildman–Crippen MR) is 111 cm³/mol. The Bertz CT molecular complexity index is 731. The number of hydrogen-bond donors (Lipinski definition) is 2. The van der Waals surface area contributed by atoms with E-state index >= 15 is 0 Å². The van der Waals surface area contributed by atoms with Crippen molar-refractivity contribution in [1.82, 2.24) is 14.7 Å². The summed E-state index contributed by atoms with van der Waals surface area (Å²) in [5, 5.41) is 9.94. The van der Waals surface area contributed by atoms with Crippen molar-refractivity contribution < 1.29 is 9.90 Å². The van der Waals surface area contributed by atoms with Gasteiger partial charge in [0.15, 0.2) is 0 Å². The number of likely N-dealkylation sites (tertiary alicyclic amines) is 1. The molecule has 28 heavy (non-hydrogen) atoms. The summed E-state index contributed by atoms with van der Waals surface area (Å²) in [6.07, 6.45) is 5.45. The predicted octanol–water partition coefficient (Wildman–Crippen LogP) is 1.70. The number of benzene rings is 1. The van der Waals surface area contributed by atoms with E-state index in [1.54, 1.807) is 0 Å². The van der Waals surface area contributed by atoms with E-state index in [-0.39, 0.29) is 18.1 Å². The highest BCUT2D eigenvalue weighted by molar-refractivity contribution is 5.93. The number of aliphatic hydroxyl groups excluding tert-OH is 1. The molecule has 6 nitrogen and oxygen atoms in total. The SMILES string of the molecule is CCCN1CC(C(N)=O)=CC=C1N(C)[C@H](CN1CC[C@H](O)C1)c1ccccc1. The topological polar surface area (TPSA) is 73.0 Å². The van der Waals surface area contributed by atoms with Gasteiger partial charge < -0.3 is 20.6 Å². The second-order valence-electron chi connectivity index (χ2n) is 7.74. The molecule has 0 spiro atoms. The molecule has 0 aromatic heterocycles. The van der Waals surface area contributed by atoms with Crippen molar-refractivity contribution >= 4 is 5.91 Å². The van der Waals surface area contributed by atoms with Gasteiger partial charge in [-0.05, 0) is 30.6 Å². The lowest BCUT2D eigenvalue weighted by Gasteiger charge is -2.41. The van der Waals surface area contributed by atoms with Crippen molar-refractivity contribution in [2.75, 3.05) is 39.8 Å². The van der Waals surface area contributed by atoms with Gasteiger partial charge in [0.1, 0.15) is 5.82 Å². The van der Waals surface area contributed by atoms with E-state index in [0.29, 0.717) is 12.1 Å². The quantitative estimate of drug-likeness (QED) is 0.714. The number of amides is 1. The summed E-state index contributed by atoms with van der Waals surface area (Å²) >= 11 is 0. The van der Waals surface area contributed by atoms with Crippen molar-refractivity contribution in [1.29, 1.82) is 0 Å². The van der Waals surface area contributed by atoms with Gasteiger partial charge in [-0.15, -0.1) is 0 Å². The van der Waals surface area contributed by atoms with Crippen LogP contribution in [0.4, 0.5) is 0 Å². The molecule has 0 bridgehead atoms. The van der Waals surface area contributed by atoms with Crippen molar-refractivity contribution in [3.05, 3.63) is 59.4 Å². The second kappa shape index (κ2) is 9.26. The molecule has 0 aliphatic carbocycles. The molecule has 6 heteroatoms. The van der Waals surface area contributed by atoms with Crippen LogP contribution in [0.15, 0.2) is 53.9 Å². The fourth-order valence-electron chi connectivity index (χ4n) is 4.09. The average molecular weight is 385 g/mol. The number of hydrogen-bond acceptors (Lipinski definition) is 5. The van der Waals surface area contributed by atoms with Gasteiger partial charge in [0.25, 0.3) is 0 Å². The maximum Gasteiger partial charge on any atom is 0.246 e. The van der Waals surface area contributed by atoms with Gasteiger partial charge in [0, 0.05) is 45.3 Å². The first-order chi connectivity index (χ1) is 13.5. The third kappa shape index (κ3) is 4.75. The van der Waals surface area contributed by atoms with E-state index in [1.807, 2.05) is 18.2 Å². The number of primary amides is 1. The van der Waals surface area contributed by atoms with Crippen molar-refractivity contribution in [2.45, 2.75) is 31.9 Å². The van der Waals surface area contributed by atoms with Crippen LogP contribution >= 0.6 is 0 Å². The van der Waals surface area contributed by atoms with E-state index in [4.69, 9.17) is 5.73 Å². The molecule has 2 heterocycles. The first-order valence-corrected chi connectivity index (χ1v) is 10.1. The van der Waals surface area contributed by atoms with Gasteiger partial charge in [0.05, 0.1) is 12.1 Å². The number of carbonyl (C=O) groups is 1. The molecule has 0 unspecified atom stereocenters. The van der Waals surface area contributed by atoms with Crippen LogP contribution in [0.3, 0.4) is 0 Å². The number of aliphatic hydroxyl groups is 1. The zero-order chi connectivity index (χ0) is 20.1. The maximum atomic E-state index is 11.7. The van der Waals surface area contributed by atoms with Gasteiger partial charge in [0.2, 0.25) is 5.91 Å². The van der Waals surface area contributed by atoms with E-state index in [1.165, 1.54) is 5.56 Å². The Morgan fingerprint density at radius 1 is 1.32 bits per heavy atom. The highest BCUT2D eigenvalue weighted by Gasteiger charge is 2.29. The summed E-state index contributed by atoms with van der Waals surface area (Å²) in [5.74, 6) is 0.741. The molecule has 2 aliphatic heterocycles. The Hall–Kier alpha value is -2.31. The monoisotopic (exact) mass is 384 g/mol. The molecular formula is C22H32N4O2. The number of carbonyl (C=O) groups excluding carboxylic acids is 1. The lowest BCUT2D eigenvalue weighted by Crippen LogP contribution is -2.43. The third-order valence-corrected chi connectivity index (χ3v) is 5.62. The zero-order valence-corrected chi connectivity index (χ0v) is 16.9. The van der Waals surface area contributed by atoms with Crippen molar-refractivity contribution in [3.63, 3.8) is 0 Å². The Morgan fingerprint density at radius 3 is 2.68 bits per heavy atom. The van der Waals surface area contributed by atoms with Crippen LogP contribution in [-0.2, 0) is 4.79 Å². The van der Waals surface area contributed by atoms with Crippen LogP contribution in [0.5, 0.6) is 0 Å². The molecule has 2 atom stereocenters. The molecule has 1 aromatic carbocycles. The number of nitrogens with zero attached hydrogens (tertiary/aromatic N) is 3. The Balaban J connectivity index is 1.88. The summed E-state index contributed by atoms with van der Waals surface area (Å²) < 4.78 is 0. The van der Waals surface area contributed by atoms with Gasteiger partial charge in [-0.1, -0.05) is 37.3 Å². The van der Waals surface area contributed by atoms with Crippen LogP contribution in [-0.4, -0.2) is 71.6 Å². The number of β-amino-alcohol motifs (C(OH)–C–C–N with tert-alkyl or cyclic N) is 1. The van der Waals surface area contributed by atoms with Crippen molar-refractivity contribution in [3.8, 4) is 0 Å². The highest BCUT2D eigenvalue weighted by Crippen LogP contribution is 2.29. The van der Waals surface area contributed by atoms with Gasteiger partial charge in [-0.2, -0.15) is 0 Å². The lowest BCUT2D eigenvalue weighted by atomic mass is 10.0. The minimum absolute atomic E-state index is 0.153. The second-order valence-corrected chi connectivity index (χ2v) is 7.74. The standard InChI is InChI=1S/C22H32N4O2/c1-3-12-26-14-18(22(23)28)9-10-21(26)24(2)20(17-7-5-4-6-8-17)16-25-13-11-19(27)15-25/h4-10,19-20,27H,3,11-16H2,1-2H3,(H2,23,28)/t19-,20+/m0/s1. The molecule has 1 aromatic rings. The molecule has 3 rings (SSSR count). The van der Waals surface area contributed by atoms with E-state index in [2.05, 4.69) is 52.9 Å². The highest BCUT2D eigenvalue weighted by atomic mass is 16.3. The smallest absolute Gasteiger partial charge is 0.246 e. The van der Waals surface area contributed by atoms with Gasteiger partial charge >= 0.3 is 0 Å². The number of likely N-dealkylation sites (N-methyl/N-ethyl adjacent to an activating group) is 1. The Labute approximate surface area is 167 Å². The summed E-state index contributed by atoms with van der Waals surface area (Å²) in [5.41, 5.74) is 7.40. The number of allylic oxidation sites excluding steroid dienone is 2.